The second kappa shape index (κ2) is 9.88. The zero-order chi connectivity index (χ0) is 22.6. The van der Waals surface area contributed by atoms with E-state index in [1.165, 1.54) is 31.4 Å². The lowest BCUT2D eigenvalue weighted by atomic mass is 9.77. The molecule has 1 aliphatic rings. The molecule has 31 heavy (non-hydrogen) atoms. The van der Waals surface area contributed by atoms with Crippen LogP contribution in [0.4, 0.5) is 22.0 Å². The van der Waals surface area contributed by atoms with Crippen LogP contribution >= 0.6 is 0 Å². The molecule has 0 unspecified atom stereocenters. The maximum atomic E-state index is 14.5. The molecule has 2 aromatic rings. The van der Waals surface area contributed by atoms with E-state index in [0.717, 1.165) is 44.3 Å². The van der Waals surface area contributed by atoms with Gasteiger partial charge in [-0.3, -0.25) is 0 Å². The van der Waals surface area contributed by atoms with Crippen LogP contribution in [-0.2, 0) is 6.11 Å². The number of halogens is 5. The maximum Gasteiger partial charge on any atom is 0.426 e. The Morgan fingerprint density at radius 2 is 1.61 bits per heavy atom. The Kier molecular flexibility index (Phi) is 7.44. The SMILES string of the molecule is CCCCC1CCC(c2ccc(C(F)(F)Oc3cc(F)c(OC)c(F)c3F)cc2)CC1. The normalized spacial score (nSPS) is 19.3. The molecule has 1 saturated carbocycles. The van der Waals surface area contributed by atoms with Gasteiger partial charge in [-0.25, -0.2) is 4.39 Å². The van der Waals surface area contributed by atoms with E-state index in [1.54, 1.807) is 12.1 Å². The Morgan fingerprint density at radius 3 is 2.19 bits per heavy atom. The lowest BCUT2D eigenvalue weighted by Crippen LogP contribution is -2.23. The van der Waals surface area contributed by atoms with E-state index >= 15 is 0 Å². The molecule has 2 nitrogen and oxygen atoms in total. The molecule has 0 amide bonds. The number of unbranched alkanes of at least 4 members (excludes halogenated alkanes) is 1. The highest BCUT2D eigenvalue weighted by molar-refractivity contribution is 5.37. The first kappa shape index (κ1) is 23.4. The second-order valence-electron chi connectivity index (χ2n) is 8.12. The number of benzene rings is 2. The summed E-state index contributed by atoms with van der Waals surface area (Å²) in [5.74, 6) is -5.96. The van der Waals surface area contributed by atoms with Crippen LogP contribution in [0.2, 0.25) is 0 Å². The summed E-state index contributed by atoms with van der Waals surface area (Å²) in [5, 5.41) is 0. The van der Waals surface area contributed by atoms with E-state index in [1.807, 2.05) is 0 Å². The first-order valence-corrected chi connectivity index (χ1v) is 10.7. The summed E-state index contributed by atoms with van der Waals surface area (Å²) in [6, 6.07) is 6.01. The fourth-order valence-electron chi connectivity index (χ4n) is 4.24. The van der Waals surface area contributed by atoms with E-state index in [0.29, 0.717) is 12.0 Å². The fraction of sp³-hybridized carbons (Fsp3) is 0.500. The first-order chi connectivity index (χ1) is 14.8. The average Bonchev–Trinajstić information content (AvgIpc) is 2.76. The molecule has 0 spiro atoms. The molecule has 7 heteroatoms. The van der Waals surface area contributed by atoms with Crippen molar-refractivity contribution in [1.29, 1.82) is 0 Å². The summed E-state index contributed by atoms with van der Waals surface area (Å²) in [4.78, 5) is 0. The minimum Gasteiger partial charge on any atom is -0.491 e. The van der Waals surface area contributed by atoms with Crippen LogP contribution in [0.1, 0.15) is 68.9 Å². The molecule has 0 atom stereocenters. The van der Waals surface area contributed by atoms with Crippen molar-refractivity contribution in [2.45, 2.75) is 63.9 Å². The minimum atomic E-state index is -3.97. The number of hydrogen-bond acceptors (Lipinski definition) is 2. The average molecular weight is 442 g/mol. The quantitative estimate of drug-likeness (QED) is 0.308. The van der Waals surface area contributed by atoms with Gasteiger partial charge in [0.2, 0.25) is 11.6 Å². The molecule has 0 aromatic heterocycles. The number of alkyl halides is 2. The molecule has 170 valence electrons. The van der Waals surface area contributed by atoms with Crippen LogP contribution in [0, 0.1) is 23.4 Å². The number of hydrogen-bond donors (Lipinski definition) is 0. The van der Waals surface area contributed by atoms with Gasteiger partial charge >= 0.3 is 6.11 Å². The van der Waals surface area contributed by atoms with Gasteiger partial charge in [0.05, 0.1) is 12.7 Å². The summed E-state index contributed by atoms with van der Waals surface area (Å²) in [6.45, 7) is 2.18. The highest BCUT2D eigenvalue weighted by atomic mass is 19.3. The van der Waals surface area contributed by atoms with Crippen molar-refractivity contribution >= 4 is 0 Å². The van der Waals surface area contributed by atoms with Crippen LogP contribution in [0.15, 0.2) is 30.3 Å². The summed E-state index contributed by atoms with van der Waals surface area (Å²) in [6.07, 6.45) is 4.03. The summed E-state index contributed by atoms with van der Waals surface area (Å²) in [5.41, 5.74) is 0.449. The van der Waals surface area contributed by atoms with Crippen LogP contribution < -0.4 is 9.47 Å². The predicted octanol–water partition coefficient (Wildman–Crippen LogP) is 7.70. The summed E-state index contributed by atoms with van der Waals surface area (Å²) in [7, 11) is 0.940. The lowest BCUT2D eigenvalue weighted by Gasteiger charge is -2.29. The van der Waals surface area contributed by atoms with Crippen LogP contribution in [0.5, 0.6) is 11.5 Å². The van der Waals surface area contributed by atoms with Gasteiger partial charge in [-0.1, -0.05) is 38.3 Å². The van der Waals surface area contributed by atoms with E-state index in [4.69, 9.17) is 0 Å². The molecule has 0 N–H and O–H groups in total. The lowest BCUT2D eigenvalue weighted by molar-refractivity contribution is -0.187. The van der Waals surface area contributed by atoms with Crippen LogP contribution in [0.25, 0.3) is 0 Å². The molecule has 0 saturated heterocycles. The molecule has 1 aliphatic carbocycles. The van der Waals surface area contributed by atoms with E-state index in [2.05, 4.69) is 16.4 Å². The Bertz CT molecular complexity index is 875. The molecular formula is C24H27F5O2. The van der Waals surface area contributed by atoms with Gasteiger partial charge in [-0.2, -0.15) is 17.6 Å². The van der Waals surface area contributed by atoms with E-state index < -0.39 is 40.6 Å². The van der Waals surface area contributed by atoms with Crippen molar-refractivity contribution < 1.29 is 31.4 Å². The molecule has 0 bridgehead atoms. The van der Waals surface area contributed by atoms with Crippen molar-refractivity contribution in [2.75, 3.05) is 7.11 Å². The van der Waals surface area contributed by atoms with E-state index in [-0.39, 0.29) is 0 Å². The molecule has 3 rings (SSSR count). The zero-order valence-corrected chi connectivity index (χ0v) is 17.7. The molecule has 0 heterocycles. The fourth-order valence-corrected chi connectivity index (χ4v) is 4.24. The third-order valence-electron chi connectivity index (χ3n) is 6.06. The van der Waals surface area contributed by atoms with Gasteiger partial charge in [-0.05, 0) is 55.2 Å². The highest BCUT2D eigenvalue weighted by Crippen LogP contribution is 2.40. The zero-order valence-electron chi connectivity index (χ0n) is 17.7. The van der Waals surface area contributed by atoms with Gasteiger partial charge in [0.25, 0.3) is 0 Å². The van der Waals surface area contributed by atoms with Crippen molar-refractivity contribution in [1.82, 2.24) is 0 Å². The molecule has 0 aliphatic heterocycles. The third-order valence-corrected chi connectivity index (χ3v) is 6.06. The van der Waals surface area contributed by atoms with Gasteiger partial charge in [0.1, 0.15) is 0 Å². The molecule has 1 fully saturated rings. The van der Waals surface area contributed by atoms with Crippen molar-refractivity contribution in [3.05, 3.63) is 58.9 Å². The van der Waals surface area contributed by atoms with Crippen LogP contribution in [-0.4, -0.2) is 7.11 Å². The number of ether oxygens (including phenoxy) is 2. The number of rotatable bonds is 8. The first-order valence-electron chi connectivity index (χ1n) is 10.7. The summed E-state index contributed by atoms with van der Waals surface area (Å²) < 4.78 is 79.4. The highest BCUT2D eigenvalue weighted by Gasteiger charge is 2.37. The second-order valence-corrected chi connectivity index (χ2v) is 8.12. The molecule has 2 aromatic carbocycles. The Hall–Kier alpha value is -2.31. The smallest absolute Gasteiger partial charge is 0.426 e. The number of methoxy groups -OCH3 is 1. The Balaban J connectivity index is 1.69. The predicted molar refractivity (Wildman–Crippen MR) is 108 cm³/mol. The van der Waals surface area contributed by atoms with Crippen molar-refractivity contribution in [2.24, 2.45) is 5.92 Å². The van der Waals surface area contributed by atoms with Crippen molar-refractivity contribution in [3.63, 3.8) is 0 Å². The minimum absolute atomic E-state index is 0.323. The van der Waals surface area contributed by atoms with Crippen molar-refractivity contribution in [3.8, 4) is 11.5 Å². The Morgan fingerprint density at radius 1 is 0.968 bits per heavy atom. The van der Waals surface area contributed by atoms with Gasteiger partial charge in [-0.15, -0.1) is 0 Å². The summed E-state index contributed by atoms with van der Waals surface area (Å²) >= 11 is 0. The topological polar surface area (TPSA) is 18.5 Å². The van der Waals surface area contributed by atoms with Crippen LogP contribution in [0.3, 0.4) is 0 Å². The molecule has 0 radical (unpaired) electrons. The maximum absolute atomic E-state index is 14.5. The largest absolute Gasteiger partial charge is 0.491 e. The van der Waals surface area contributed by atoms with Gasteiger partial charge < -0.3 is 9.47 Å². The Labute approximate surface area is 179 Å². The van der Waals surface area contributed by atoms with Gasteiger partial charge in [0, 0.05) is 6.07 Å². The third kappa shape index (κ3) is 5.31. The standard InChI is InChI=1S/C24H27F5O2/c1-3-4-5-15-6-8-16(9-7-15)17-10-12-18(13-11-17)24(28,29)31-20-14-19(25)23(30-2)22(27)21(20)26/h10-16H,3-9H2,1-2H3. The van der Waals surface area contributed by atoms with E-state index in [9.17, 15) is 22.0 Å². The molecular weight excluding hydrogens is 415 g/mol. The van der Waals surface area contributed by atoms with Gasteiger partial charge in [0.15, 0.2) is 17.3 Å². The monoisotopic (exact) mass is 442 g/mol.